The first-order valence-corrected chi connectivity index (χ1v) is 19.9. The normalized spacial score (nSPS) is 11.4. The molecule has 0 radical (unpaired) electrons. The second kappa shape index (κ2) is 32.4. The Morgan fingerprint density at radius 1 is 0.511 bits per heavy atom. The van der Waals surface area contributed by atoms with Gasteiger partial charge in [0.2, 0.25) is 0 Å². The molecule has 0 aliphatic heterocycles. The van der Waals surface area contributed by atoms with Crippen molar-refractivity contribution in [1.82, 2.24) is 4.90 Å². The van der Waals surface area contributed by atoms with Gasteiger partial charge in [0.25, 0.3) is 5.91 Å². The number of hydrogen-bond donors (Lipinski definition) is 1. The molecule has 0 spiro atoms. The lowest BCUT2D eigenvalue weighted by Gasteiger charge is -2.23. The van der Waals surface area contributed by atoms with Crippen LogP contribution in [0.4, 0.5) is 0 Å². The van der Waals surface area contributed by atoms with Crippen molar-refractivity contribution in [1.29, 1.82) is 0 Å². The SMILES string of the molecule is CCCCCCCCCCCCCCCCN(CCCCCCCCCCCCCCCC)Cc1ccc(OCC(N)=O)cc1. The van der Waals surface area contributed by atoms with Crippen LogP contribution in [0.1, 0.15) is 199 Å². The van der Waals surface area contributed by atoms with Crippen molar-refractivity contribution < 1.29 is 9.53 Å². The Hall–Kier alpha value is -1.55. The van der Waals surface area contributed by atoms with Gasteiger partial charge >= 0.3 is 0 Å². The van der Waals surface area contributed by atoms with Crippen LogP contribution in [0.2, 0.25) is 0 Å². The number of benzene rings is 1. The first-order chi connectivity index (χ1) is 22.2. The van der Waals surface area contributed by atoms with E-state index in [4.69, 9.17) is 10.5 Å². The number of unbranched alkanes of at least 4 members (excludes halogenated alkanes) is 26. The Bertz CT molecular complexity index is 718. The van der Waals surface area contributed by atoms with Crippen LogP contribution in [0, 0.1) is 0 Å². The summed E-state index contributed by atoms with van der Waals surface area (Å²) in [6.07, 6.45) is 39.4. The van der Waals surface area contributed by atoms with E-state index in [1.165, 1.54) is 198 Å². The zero-order chi connectivity index (χ0) is 32.5. The van der Waals surface area contributed by atoms with Crippen molar-refractivity contribution in [3.8, 4) is 5.75 Å². The molecule has 45 heavy (non-hydrogen) atoms. The van der Waals surface area contributed by atoms with Crippen molar-refractivity contribution in [2.45, 2.75) is 200 Å². The number of amides is 1. The molecule has 0 saturated heterocycles. The van der Waals surface area contributed by atoms with Crippen LogP contribution in [-0.4, -0.2) is 30.5 Å². The van der Waals surface area contributed by atoms with Crippen LogP contribution >= 0.6 is 0 Å². The Balaban J connectivity index is 2.21. The Morgan fingerprint density at radius 2 is 0.822 bits per heavy atom. The maximum Gasteiger partial charge on any atom is 0.255 e. The van der Waals surface area contributed by atoms with Gasteiger partial charge in [0.15, 0.2) is 6.61 Å². The highest BCUT2D eigenvalue weighted by Gasteiger charge is 2.07. The van der Waals surface area contributed by atoms with Gasteiger partial charge in [0, 0.05) is 6.54 Å². The van der Waals surface area contributed by atoms with E-state index in [0.717, 1.165) is 6.54 Å². The van der Waals surface area contributed by atoms with Gasteiger partial charge < -0.3 is 10.5 Å². The Kier molecular flexibility index (Phi) is 29.9. The highest BCUT2D eigenvalue weighted by molar-refractivity contribution is 5.75. The molecule has 4 heteroatoms. The number of nitrogens with two attached hydrogens (primary N) is 1. The molecule has 0 bridgehead atoms. The van der Waals surface area contributed by atoms with E-state index in [2.05, 4.69) is 30.9 Å². The van der Waals surface area contributed by atoms with E-state index in [9.17, 15) is 4.79 Å². The fourth-order valence-electron chi connectivity index (χ4n) is 6.43. The lowest BCUT2D eigenvalue weighted by molar-refractivity contribution is -0.119. The van der Waals surface area contributed by atoms with E-state index in [1.54, 1.807) is 0 Å². The van der Waals surface area contributed by atoms with Crippen molar-refractivity contribution in [3.63, 3.8) is 0 Å². The predicted octanol–water partition coefficient (Wildman–Crippen LogP) is 12.3. The zero-order valence-corrected chi connectivity index (χ0v) is 30.3. The van der Waals surface area contributed by atoms with Crippen molar-refractivity contribution in [2.75, 3.05) is 19.7 Å². The molecule has 1 aromatic carbocycles. The molecule has 0 saturated carbocycles. The van der Waals surface area contributed by atoms with Crippen LogP contribution in [-0.2, 0) is 11.3 Å². The molecule has 0 unspecified atom stereocenters. The predicted molar refractivity (Wildman–Crippen MR) is 197 cm³/mol. The van der Waals surface area contributed by atoms with Crippen LogP contribution in [0.15, 0.2) is 24.3 Å². The minimum atomic E-state index is -0.438. The smallest absolute Gasteiger partial charge is 0.255 e. The number of ether oxygens (including phenoxy) is 1. The number of carbonyl (C=O) groups excluding carboxylic acids is 1. The lowest BCUT2D eigenvalue weighted by Crippen LogP contribution is -2.25. The molecule has 2 N–H and O–H groups in total. The summed E-state index contributed by atoms with van der Waals surface area (Å²) >= 11 is 0. The fraction of sp³-hybridized carbons (Fsp3) is 0.829. The van der Waals surface area contributed by atoms with Gasteiger partial charge in [-0.3, -0.25) is 9.69 Å². The Morgan fingerprint density at radius 3 is 1.13 bits per heavy atom. The van der Waals surface area contributed by atoms with Crippen LogP contribution in [0.25, 0.3) is 0 Å². The molecule has 0 aliphatic carbocycles. The first kappa shape index (κ1) is 41.5. The third-order valence-electron chi connectivity index (χ3n) is 9.37. The molecule has 0 aromatic heterocycles. The molecule has 1 aromatic rings. The minimum absolute atomic E-state index is 0.0658. The molecule has 0 heterocycles. The van der Waals surface area contributed by atoms with E-state index in [1.807, 2.05) is 12.1 Å². The van der Waals surface area contributed by atoms with Gasteiger partial charge in [-0.15, -0.1) is 0 Å². The average molecular weight is 629 g/mol. The maximum atomic E-state index is 11.0. The fourth-order valence-corrected chi connectivity index (χ4v) is 6.43. The molecular weight excluding hydrogens is 552 g/mol. The number of nitrogens with zero attached hydrogens (tertiary/aromatic N) is 1. The Labute approximate surface area is 281 Å². The number of hydrogen-bond acceptors (Lipinski definition) is 3. The zero-order valence-electron chi connectivity index (χ0n) is 30.3. The molecule has 0 fully saturated rings. The lowest BCUT2D eigenvalue weighted by atomic mass is 10.0. The summed E-state index contributed by atoms with van der Waals surface area (Å²) in [6, 6.07) is 8.21. The first-order valence-electron chi connectivity index (χ1n) is 19.9. The maximum absolute atomic E-state index is 11.0. The third-order valence-corrected chi connectivity index (χ3v) is 9.37. The largest absolute Gasteiger partial charge is 0.484 e. The van der Waals surface area contributed by atoms with Gasteiger partial charge in [-0.05, 0) is 43.6 Å². The van der Waals surface area contributed by atoms with Gasteiger partial charge in [0.05, 0.1) is 0 Å². The molecule has 0 aliphatic rings. The van der Waals surface area contributed by atoms with Gasteiger partial charge in [0.1, 0.15) is 5.75 Å². The van der Waals surface area contributed by atoms with Crippen LogP contribution in [0.3, 0.4) is 0 Å². The van der Waals surface area contributed by atoms with E-state index < -0.39 is 5.91 Å². The highest BCUT2D eigenvalue weighted by Crippen LogP contribution is 2.17. The minimum Gasteiger partial charge on any atom is -0.484 e. The van der Waals surface area contributed by atoms with E-state index in [-0.39, 0.29) is 6.61 Å². The molecule has 262 valence electrons. The number of primary amides is 1. The molecular formula is C41H76N2O2. The van der Waals surface area contributed by atoms with Crippen LogP contribution < -0.4 is 10.5 Å². The standard InChI is InChI=1S/C41H76N2O2/c1-3-5-7-9-11-13-15-17-19-21-23-25-27-29-35-43(37-39-31-33-40(34-32-39)45-38-41(42)44)36-30-28-26-24-22-20-18-16-14-12-10-8-6-4-2/h31-34H,3-30,35-38H2,1-2H3,(H2,42,44). The summed E-state index contributed by atoms with van der Waals surface area (Å²) in [7, 11) is 0. The summed E-state index contributed by atoms with van der Waals surface area (Å²) in [6.45, 7) is 7.90. The summed E-state index contributed by atoms with van der Waals surface area (Å²) in [5, 5.41) is 0. The molecule has 4 nitrogen and oxygen atoms in total. The average Bonchev–Trinajstić information content (AvgIpc) is 3.04. The van der Waals surface area contributed by atoms with Gasteiger partial charge in [-0.2, -0.15) is 0 Å². The summed E-state index contributed by atoms with van der Waals surface area (Å²) in [5.41, 5.74) is 6.53. The number of rotatable bonds is 35. The monoisotopic (exact) mass is 629 g/mol. The highest BCUT2D eigenvalue weighted by atomic mass is 16.5. The van der Waals surface area contributed by atoms with E-state index in [0.29, 0.717) is 5.75 Å². The van der Waals surface area contributed by atoms with Gasteiger partial charge in [-0.25, -0.2) is 0 Å². The third kappa shape index (κ3) is 28.4. The number of carbonyl (C=O) groups is 1. The molecule has 0 atom stereocenters. The quantitative estimate of drug-likeness (QED) is 0.0761. The second-order valence-corrected chi connectivity index (χ2v) is 13.9. The second-order valence-electron chi connectivity index (χ2n) is 13.9. The topological polar surface area (TPSA) is 55.6 Å². The molecule has 1 rings (SSSR count). The van der Waals surface area contributed by atoms with E-state index >= 15 is 0 Å². The van der Waals surface area contributed by atoms with Crippen molar-refractivity contribution in [2.24, 2.45) is 5.73 Å². The van der Waals surface area contributed by atoms with Crippen molar-refractivity contribution in [3.05, 3.63) is 29.8 Å². The molecule has 1 amide bonds. The summed E-state index contributed by atoms with van der Waals surface area (Å²) in [4.78, 5) is 13.7. The van der Waals surface area contributed by atoms with Crippen molar-refractivity contribution >= 4 is 5.91 Å². The van der Waals surface area contributed by atoms with Crippen LogP contribution in [0.5, 0.6) is 5.75 Å². The summed E-state index contributed by atoms with van der Waals surface area (Å²) in [5.74, 6) is 0.273. The van der Waals surface area contributed by atoms with Gasteiger partial charge in [-0.1, -0.05) is 193 Å². The summed E-state index contributed by atoms with van der Waals surface area (Å²) < 4.78 is 5.45.